The van der Waals surface area contributed by atoms with Gasteiger partial charge in [0.25, 0.3) is 10.2 Å². The minimum absolute atomic E-state index is 0.235. The topological polar surface area (TPSA) is 89.4 Å². The number of anilines is 2. The second-order valence-electron chi connectivity index (χ2n) is 3.37. The van der Waals surface area contributed by atoms with Crippen molar-refractivity contribution in [1.29, 1.82) is 0 Å². The van der Waals surface area contributed by atoms with Gasteiger partial charge in [0.05, 0.1) is 11.4 Å². The minimum atomic E-state index is -3.79. The molecule has 0 amide bonds. The van der Waals surface area contributed by atoms with E-state index in [4.69, 9.17) is 10.9 Å². The number of aryl methyl sites for hydroxylation is 1. The molecule has 0 heterocycles. The number of rotatable bonds is 3. The van der Waals surface area contributed by atoms with E-state index in [1.807, 2.05) is 6.07 Å². The Morgan fingerprint density at radius 2 is 2.00 bits per heavy atom. The van der Waals surface area contributed by atoms with Crippen LogP contribution < -0.4 is 15.2 Å². The van der Waals surface area contributed by atoms with Gasteiger partial charge in [-0.2, -0.15) is 8.42 Å². The molecule has 16 heavy (non-hydrogen) atoms. The number of benzene rings is 1. The summed E-state index contributed by atoms with van der Waals surface area (Å²) < 4.78 is 24.6. The molecule has 0 saturated carbocycles. The highest BCUT2D eigenvalue weighted by Crippen LogP contribution is 2.31. The highest BCUT2D eigenvalue weighted by atomic mass is 79.9. The smallest absolute Gasteiger partial charge is 0.299 e. The summed E-state index contributed by atoms with van der Waals surface area (Å²) >= 11 is 3.29. The molecule has 0 aliphatic rings. The Morgan fingerprint density at radius 1 is 1.44 bits per heavy atom. The highest BCUT2D eigenvalue weighted by molar-refractivity contribution is 9.10. The van der Waals surface area contributed by atoms with E-state index < -0.39 is 10.2 Å². The number of halogens is 1. The van der Waals surface area contributed by atoms with Gasteiger partial charge in [0.1, 0.15) is 0 Å². The van der Waals surface area contributed by atoms with Crippen LogP contribution in [0.3, 0.4) is 0 Å². The van der Waals surface area contributed by atoms with E-state index in [0.29, 0.717) is 11.4 Å². The van der Waals surface area contributed by atoms with Crippen LogP contribution in [0.4, 0.5) is 11.4 Å². The van der Waals surface area contributed by atoms with Crippen molar-refractivity contribution < 1.29 is 8.42 Å². The lowest BCUT2D eigenvalue weighted by atomic mass is 10.2. The van der Waals surface area contributed by atoms with Crippen LogP contribution in [-0.4, -0.2) is 15.0 Å². The third-order valence-corrected chi connectivity index (χ3v) is 3.72. The molecule has 0 unspecified atom stereocenters. The van der Waals surface area contributed by atoms with E-state index >= 15 is 0 Å². The van der Waals surface area contributed by atoms with Crippen molar-refractivity contribution in [2.45, 2.75) is 13.8 Å². The molecule has 0 aromatic heterocycles. The van der Waals surface area contributed by atoms with Crippen molar-refractivity contribution in [3.63, 3.8) is 0 Å². The molecule has 0 aliphatic carbocycles. The van der Waals surface area contributed by atoms with Gasteiger partial charge in [-0.05, 0) is 31.5 Å². The molecule has 1 rings (SSSR count). The fourth-order valence-corrected chi connectivity index (χ4v) is 2.78. The van der Waals surface area contributed by atoms with Crippen LogP contribution in [0.1, 0.15) is 12.5 Å². The first-order valence-corrected chi connectivity index (χ1v) is 6.93. The van der Waals surface area contributed by atoms with Crippen molar-refractivity contribution in [3.05, 3.63) is 22.2 Å². The number of nitrogen functional groups attached to an aromatic ring is 1. The Labute approximate surface area is 104 Å². The quantitative estimate of drug-likeness (QED) is 0.826. The zero-order valence-electron chi connectivity index (χ0n) is 9.07. The maximum atomic E-state index is 11.4. The number of hydrogen-bond acceptors (Lipinski definition) is 3. The van der Waals surface area contributed by atoms with Gasteiger partial charge in [0, 0.05) is 11.0 Å². The molecule has 4 N–H and O–H groups in total. The summed E-state index contributed by atoms with van der Waals surface area (Å²) in [6.07, 6.45) is 0. The predicted molar refractivity (Wildman–Crippen MR) is 69.4 cm³/mol. The molecule has 7 heteroatoms. The summed E-state index contributed by atoms with van der Waals surface area (Å²) in [6.45, 7) is 3.74. The second kappa shape index (κ2) is 4.60. The standard InChI is InChI=1S/C9H14BrN3O2S/c1-3-13(16(12,14)15)8-5-7(10)4-6(2)9(8)11/h4-5H,3,11H2,1-2H3,(H2,12,14,15). The van der Waals surface area contributed by atoms with Crippen molar-refractivity contribution in [3.8, 4) is 0 Å². The van der Waals surface area contributed by atoms with Crippen LogP contribution in [-0.2, 0) is 10.2 Å². The van der Waals surface area contributed by atoms with Gasteiger partial charge in [-0.3, -0.25) is 4.31 Å². The fourth-order valence-electron chi connectivity index (χ4n) is 1.43. The molecule has 0 saturated heterocycles. The molecule has 0 radical (unpaired) electrons. The Morgan fingerprint density at radius 3 is 2.44 bits per heavy atom. The molecule has 0 aliphatic heterocycles. The van der Waals surface area contributed by atoms with Gasteiger partial charge >= 0.3 is 0 Å². The van der Waals surface area contributed by atoms with Gasteiger partial charge in [0.15, 0.2) is 0 Å². The maximum absolute atomic E-state index is 11.4. The number of nitrogens with two attached hydrogens (primary N) is 2. The molecule has 1 aromatic carbocycles. The largest absolute Gasteiger partial charge is 0.397 e. The van der Waals surface area contributed by atoms with Crippen LogP contribution in [0.15, 0.2) is 16.6 Å². The Balaban J connectivity index is 3.42. The second-order valence-corrected chi connectivity index (χ2v) is 5.75. The third kappa shape index (κ3) is 2.66. The van der Waals surface area contributed by atoms with Crippen LogP contribution >= 0.6 is 15.9 Å². The van der Waals surface area contributed by atoms with Gasteiger partial charge < -0.3 is 5.73 Å². The highest BCUT2D eigenvalue weighted by Gasteiger charge is 2.19. The van der Waals surface area contributed by atoms with Crippen molar-refractivity contribution in [2.24, 2.45) is 5.14 Å². The number of hydrogen-bond donors (Lipinski definition) is 2. The summed E-state index contributed by atoms with van der Waals surface area (Å²) in [6, 6.07) is 3.45. The SMILES string of the molecule is CCN(c1cc(Br)cc(C)c1N)S(N)(=O)=O. The molecule has 0 fully saturated rings. The lowest BCUT2D eigenvalue weighted by Crippen LogP contribution is -2.37. The zero-order valence-corrected chi connectivity index (χ0v) is 11.5. The zero-order chi connectivity index (χ0) is 12.5. The molecule has 0 spiro atoms. The van der Waals surface area contributed by atoms with Crippen LogP contribution in [0.2, 0.25) is 0 Å². The molecule has 0 atom stereocenters. The molecule has 90 valence electrons. The summed E-state index contributed by atoms with van der Waals surface area (Å²) in [4.78, 5) is 0. The van der Waals surface area contributed by atoms with Crippen LogP contribution in [0.5, 0.6) is 0 Å². The lowest BCUT2D eigenvalue weighted by molar-refractivity contribution is 0.593. The molecular weight excluding hydrogens is 294 g/mol. The average molecular weight is 308 g/mol. The fraction of sp³-hybridized carbons (Fsp3) is 0.333. The van der Waals surface area contributed by atoms with Crippen LogP contribution in [0, 0.1) is 6.92 Å². The van der Waals surface area contributed by atoms with E-state index in [1.165, 1.54) is 0 Å². The van der Waals surface area contributed by atoms with E-state index in [2.05, 4.69) is 15.9 Å². The van der Waals surface area contributed by atoms with Gasteiger partial charge in [-0.15, -0.1) is 0 Å². The third-order valence-electron chi connectivity index (χ3n) is 2.19. The first-order valence-electron chi connectivity index (χ1n) is 4.63. The number of nitrogens with zero attached hydrogens (tertiary/aromatic N) is 1. The van der Waals surface area contributed by atoms with Crippen molar-refractivity contribution in [1.82, 2.24) is 0 Å². The molecule has 0 bridgehead atoms. The first kappa shape index (κ1) is 13.3. The van der Waals surface area contributed by atoms with Crippen molar-refractivity contribution in [2.75, 3.05) is 16.6 Å². The Hall–Kier alpha value is -0.790. The summed E-state index contributed by atoms with van der Waals surface area (Å²) in [5.41, 5.74) is 7.46. The van der Waals surface area contributed by atoms with E-state index in [0.717, 1.165) is 14.3 Å². The van der Waals surface area contributed by atoms with Crippen molar-refractivity contribution >= 4 is 37.5 Å². The Bertz CT molecular complexity index is 502. The van der Waals surface area contributed by atoms with Gasteiger partial charge in [0.2, 0.25) is 0 Å². The van der Waals surface area contributed by atoms with Gasteiger partial charge in [-0.25, -0.2) is 5.14 Å². The summed E-state index contributed by atoms with van der Waals surface area (Å²) in [5, 5.41) is 5.12. The summed E-state index contributed by atoms with van der Waals surface area (Å²) in [5.74, 6) is 0. The lowest BCUT2D eigenvalue weighted by Gasteiger charge is -2.22. The monoisotopic (exact) mass is 307 g/mol. The minimum Gasteiger partial charge on any atom is -0.397 e. The maximum Gasteiger partial charge on any atom is 0.299 e. The first-order chi connectivity index (χ1) is 7.27. The Kier molecular flexibility index (Phi) is 3.82. The van der Waals surface area contributed by atoms with E-state index in [1.54, 1.807) is 19.9 Å². The van der Waals surface area contributed by atoms with Crippen LogP contribution in [0.25, 0.3) is 0 Å². The van der Waals surface area contributed by atoms with Gasteiger partial charge in [-0.1, -0.05) is 15.9 Å². The van der Waals surface area contributed by atoms with E-state index in [-0.39, 0.29) is 6.54 Å². The molecular formula is C9H14BrN3O2S. The van der Waals surface area contributed by atoms with E-state index in [9.17, 15) is 8.42 Å². The molecule has 1 aromatic rings. The summed E-state index contributed by atoms with van der Waals surface area (Å²) in [7, 11) is -3.79. The molecule has 5 nitrogen and oxygen atoms in total. The normalized spacial score (nSPS) is 11.5. The average Bonchev–Trinajstić information content (AvgIpc) is 2.11. The predicted octanol–water partition coefficient (Wildman–Crippen LogP) is 1.37.